The summed E-state index contributed by atoms with van der Waals surface area (Å²) in [5, 5.41) is 13.7. The van der Waals surface area contributed by atoms with E-state index in [-0.39, 0.29) is 13.3 Å². The molecule has 2 atom stereocenters. The minimum absolute atomic E-state index is 0.0148. The van der Waals surface area contributed by atoms with E-state index in [0.717, 1.165) is 10.9 Å². The third-order valence-corrected chi connectivity index (χ3v) is 6.97. The van der Waals surface area contributed by atoms with Crippen molar-refractivity contribution in [3.8, 4) is 22.9 Å². The summed E-state index contributed by atoms with van der Waals surface area (Å²) in [5.74, 6) is -0.697. The van der Waals surface area contributed by atoms with E-state index in [2.05, 4.69) is 16.4 Å². The Morgan fingerprint density at radius 2 is 2.00 bits per heavy atom. The molecule has 1 aromatic heterocycles. The van der Waals surface area contributed by atoms with Gasteiger partial charge in [-0.2, -0.15) is 5.26 Å². The molecule has 1 N–H and O–H groups in total. The van der Waals surface area contributed by atoms with Crippen molar-refractivity contribution in [2.75, 3.05) is 39.0 Å². The van der Waals surface area contributed by atoms with Crippen molar-refractivity contribution >= 4 is 40.3 Å². The van der Waals surface area contributed by atoms with Crippen molar-refractivity contribution < 1.29 is 28.5 Å². The van der Waals surface area contributed by atoms with E-state index in [1.807, 2.05) is 29.2 Å². The Morgan fingerprint density at radius 1 is 1.22 bits per heavy atom. The predicted molar refractivity (Wildman–Crippen MR) is 155 cm³/mol. The quantitative estimate of drug-likeness (QED) is 0.293. The Kier molecular flexibility index (Phi) is 9.21. The van der Waals surface area contributed by atoms with E-state index < -0.39 is 29.6 Å². The Balaban J connectivity index is 1.72. The van der Waals surface area contributed by atoms with Gasteiger partial charge in [0.1, 0.15) is 17.4 Å². The van der Waals surface area contributed by atoms with E-state index in [0.29, 0.717) is 46.1 Å². The lowest BCUT2D eigenvalue weighted by molar-refractivity contribution is -0.146. The number of fused-ring (bicyclic) bond motifs is 1. The van der Waals surface area contributed by atoms with Gasteiger partial charge in [0, 0.05) is 43.4 Å². The van der Waals surface area contributed by atoms with E-state index in [1.54, 1.807) is 39.1 Å². The minimum Gasteiger partial charge on any atom is -0.469 e. The highest BCUT2D eigenvalue weighted by molar-refractivity contribution is 6.34. The van der Waals surface area contributed by atoms with Crippen molar-refractivity contribution in [1.82, 2.24) is 10.3 Å². The largest absolute Gasteiger partial charge is 0.469 e. The molecule has 10 nitrogen and oxygen atoms in total. The van der Waals surface area contributed by atoms with Crippen LogP contribution in [0.2, 0.25) is 5.02 Å². The molecular formula is C30H33ClN4O6. The highest BCUT2D eigenvalue weighted by Gasteiger charge is 2.38. The Morgan fingerprint density at radius 3 is 2.68 bits per heavy atom. The zero-order valence-electron chi connectivity index (χ0n) is 23.7. The number of para-hydroxylation sites is 1. The van der Waals surface area contributed by atoms with Gasteiger partial charge in [-0.05, 0) is 51.0 Å². The predicted octanol–water partition coefficient (Wildman–Crippen LogP) is 5.30. The maximum Gasteiger partial charge on any atom is 0.407 e. The highest BCUT2D eigenvalue weighted by Crippen LogP contribution is 2.40. The number of hydrogen-bond acceptors (Lipinski definition) is 9. The zero-order valence-corrected chi connectivity index (χ0v) is 24.4. The zero-order chi connectivity index (χ0) is 29.7. The minimum atomic E-state index is -0.673. The summed E-state index contributed by atoms with van der Waals surface area (Å²) in [6, 6.07) is 12.7. The first kappa shape index (κ1) is 29.9. The van der Waals surface area contributed by atoms with Crippen LogP contribution in [0.3, 0.4) is 0 Å². The van der Waals surface area contributed by atoms with Gasteiger partial charge < -0.3 is 29.2 Å². The number of nitriles is 1. The number of amides is 1. The first-order chi connectivity index (χ1) is 19.6. The van der Waals surface area contributed by atoms with Crippen LogP contribution in [0.5, 0.6) is 5.75 Å². The standard InChI is InChI=1S/C30H33ClN4O6/c1-30(2,3)41-29(37)34-25-11-12-35(16-22(25)28(36)39-5)26-21-13-18(9-10-24(21)33-15-23(26)31)20-8-6-7-19(14-32)27(20)40-17-38-4/h6-10,13,15,22,25H,11-12,16-17H2,1-5H3,(H,34,37). The summed E-state index contributed by atoms with van der Waals surface area (Å²) >= 11 is 6.74. The van der Waals surface area contributed by atoms with Gasteiger partial charge in [-0.3, -0.25) is 9.78 Å². The van der Waals surface area contributed by atoms with Crippen molar-refractivity contribution in [2.45, 2.75) is 38.8 Å². The summed E-state index contributed by atoms with van der Waals surface area (Å²) in [5.41, 5.74) is 2.61. The normalized spacial score (nSPS) is 17.0. The van der Waals surface area contributed by atoms with Crippen LogP contribution >= 0.6 is 11.6 Å². The molecule has 0 saturated carbocycles. The topological polar surface area (TPSA) is 123 Å². The van der Waals surface area contributed by atoms with Crippen LogP contribution in [-0.2, 0) is 19.0 Å². The number of carbonyl (C=O) groups excluding carboxylic acids is 2. The maximum atomic E-state index is 12.9. The van der Waals surface area contributed by atoms with Gasteiger partial charge >= 0.3 is 12.1 Å². The fourth-order valence-electron chi connectivity index (χ4n) is 4.95. The molecule has 3 aromatic rings. The average Bonchev–Trinajstić information content (AvgIpc) is 2.94. The monoisotopic (exact) mass is 580 g/mol. The van der Waals surface area contributed by atoms with Crippen LogP contribution in [0.25, 0.3) is 22.0 Å². The lowest BCUT2D eigenvalue weighted by atomic mass is 9.91. The number of anilines is 1. The summed E-state index contributed by atoms with van der Waals surface area (Å²) < 4.78 is 21.4. The van der Waals surface area contributed by atoms with Crippen molar-refractivity contribution in [3.63, 3.8) is 0 Å². The van der Waals surface area contributed by atoms with Gasteiger partial charge in [0.25, 0.3) is 0 Å². The number of pyridine rings is 1. The van der Waals surface area contributed by atoms with Gasteiger partial charge in [0.05, 0.1) is 34.8 Å². The average molecular weight is 581 g/mol. The molecule has 41 heavy (non-hydrogen) atoms. The molecule has 2 heterocycles. The molecule has 0 radical (unpaired) electrons. The number of nitrogens with one attached hydrogen (secondary N) is 1. The third kappa shape index (κ3) is 6.81. The summed E-state index contributed by atoms with van der Waals surface area (Å²) in [6.45, 7) is 6.08. The number of methoxy groups -OCH3 is 2. The number of hydrogen-bond donors (Lipinski definition) is 1. The van der Waals surface area contributed by atoms with E-state index in [1.165, 1.54) is 14.2 Å². The molecule has 0 aliphatic carbocycles. The van der Waals surface area contributed by atoms with Gasteiger partial charge in [-0.25, -0.2) is 4.79 Å². The van der Waals surface area contributed by atoms with Gasteiger partial charge in [-0.15, -0.1) is 0 Å². The van der Waals surface area contributed by atoms with E-state index >= 15 is 0 Å². The Labute approximate surface area is 244 Å². The van der Waals surface area contributed by atoms with Crippen LogP contribution < -0.4 is 15.0 Å². The second-order valence-electron chi connectivity index (χ2n) is 10.6. The van der Waals surface area contributed by atoms with Crippen LogP contribution in [0.4, 0.5) is 10.5 Å². The van der Waals surface area contributed by atoms with Crippen LogP contribution in [0.15, 0.2) is 42.6 Å². The van der Waals surface area contributed by atoms with Crippen molar-refractivity contribution in [1.29, 1.82) is 5.26 Å². The molecule has 1 amide bonds. The molecule has 216 valence electrons. The van der Waals surface area contributed by atoms with Gasteiger partial charge in [-0.1, -0.05) is 29.8 Å². The second-order valence-corrected chi connectivity index (χ2v) is 11.1. The highest BCUT2D eigenvalue weighted by atomic mass is 35.5. The molecule has 1 fully saturated rings. The molecule has 2 aromatic carbocycles. The summed E-state index contributed by atoms with van der Waals surface area (Å²) in [7, 11) is 2.84. The number of halogens is 1. The first-order valence-corrected chi connectivity index (χ1v) is 13.5. The molecular weight excluding hydrogens is 548 g/mol. The number of aromatic nitrogens is 1. The molecule has 0 spiro atoms. The lowest BCUT2D eigenvalue weighted by Crippen LogP contribution is -2.54. The van der Waals surface area contributed by atoms with E-state index in [4.69, 9.17) is 30.5 Å². The molecule has 4 rings (SSSR count). The van der Waals surface area contributed by atoms with Crippen LogP contribution in [0, 0.1) is 17.2 Å². The Bertz CT molecular complexity index is 1480. The second kappa shape index (κ2) is 12.6. The number of piperidine rings is 1. The van der Waals surface area contributed by atoms with Gasteiger partial charge in [0.15, 0.2) is 6.79 Å². The molecule has 0 bridgehead atoms. The van der Waals surface area contributed by atoms with Crippen molar-refractivity contribution in [2.24, 2.45) is 5.92 Å². The number of rotatable bonds is 7. The number of ether oxygens (including phenoxy) is 4. The SMILES string of the molecule is COCOc1c(C#N)cccc1-c1ccc2ncc(Cl)c(N3CCC(NC(=O)OC(C)(C)C)C(C(=O)OC)C3)c2c1. The molecule has 11 heteroatoms. The first-order valence-electron chi connectivity index (χ1n) is 13.1. The molecule has 1 saturated heterocycles. The molecule has 2 unspecified atom stereocenters. The number of esters is 1. The van der Waals surface area contributed by atoms with Gasteiger partial charge in [0.2, 0.25) is 0 Å². The number of nitrogens with zero attached hydrogens (tertiary/aromatic N) is 3. The van der Waals surface area contributed by atoms with Crippen LogP contribution in [-0.4, -0.2) is 62.8 Å². The summed E-state index contributed by atoms with van der Waals surface area (Å²) in [6.07, 6.45) is 1.45. The third-order valence-electron chi connectivity index (χ3n) is 6.70. The number of benzene rings is 2. The lowest BCUT2D eigenvalue weighted by Gasteiger charge is -2.39. The van der Waals surface area contributed by atoms with Crippen LogP contribution in [0.1, 0.15) is 32.8 Å². The maximum absolute atomic E-state index is 12.9. The fourth-order valence-corrected chi connectivity index (χ4v) is 5.22. The Hall–Kier alpha value is -4.07. The number of alkyl carbamates (subject to hydrolysis) is 1. The summed E-state index contributed by atoms with van der Waals surface area (Å²) in [4.78, 5) is 31.9. The number of carbonyl (C=O) groups is 2. The fraction of sp³-hybridized carbons (Fsp3) is 0.400. The van der Waals surface area contributed by atoms with Crippen molar-refractivity contribution in [3.05, 3.63) is 53.2 Å². The smallest absolute Gasteiger partial charge is 0.407 e. The molecule has 1 aliphatic heterocycles. The van der Waals surface area contributed by atoms with E-state index in [9.17, 15) is 14.9 Å². The molecule has 1 aliphatic rings.